The first-order valence-corrected chi connectivity index (χ1v) is 11.4. The van der Waals surface area contributed by atoms with Crippen molar-refractivity contribution in [2.75, 3.05) is 25.0 Å². The summed E-state index contributed by atoms with van der Waals surface area (Å²) in [5.41, 5.74) is 4.76. The number of rotatable bonds is 10. The van der Waals surface area contributed by atoms with Crippen LogP contribution in [-0.2, 0) is 6.54 Å². The van der Waals surface area contributed by atoms with Crippen molar-refractivity contribution in [2.24, 2.45) is 5.10 Å². The lowest BCUT2D eigenvalue weighted by Crippen LogP contribution is -2.26. The Balaban J connectivity index is 1.72. The molecule has 2 amide bonds. The molecular formula is C26H26ClFN4O3. The van der Waals surface area contributed by atoms with Gasteiger partial charge in [-0.1, -0.05) is 42.8 Å². The maximum absolute atomic E-state index is 13.0. The van der Waals surface area contributed by atoms with Gasteiger partial charge in [0.2, 0.25) is 0 Å². The van der Waals surface area contributed by atoms with Gasteiger partial charge in [-0.2, -0.15) is 5.10 Å². The van der Waals surface area contributed by atoms with Crippen molar-refractivity contribution in [3.05, 3.63) is 99.8 Å². The zero-order chi connectivity index (χ0) is 25.2. The Kier molecular flexibility index (Phi) is 9.48. The van der Waals surface area contributed by atoms with Crippen LogP contribution in [0.5, 0.6) is 0 Å². The van der Waals surface area contributed by atoms with E-state index < -0.39 is 5.91 Å². The molecule has 0 aromatic heterocycles. The number of likely N-dealkylation sites (N-methyl/N-ethyl adjacent to an activating group) is 1. The summed E-state index contributed by atoms with van der Waals surface area (Å²) in [4.78, 5) is 27.7. The quantitative estimate of drug-likeness (QED) is 0.288. The van der Waals surface area contributed by atoms with Gasteiger partial charge >= 0.3 is 0 Å². The largest absolute Gasteiger partial charge is 0.395 e. The van der Waals surface area contributed by atoms with Crippen LogP contribution in [-0.4, -0.2) is 47.7 Å². The summed E-state index contributed by atoms with van der Waals surface area (Å²) in [6, 6.07) is 17.3. The van der Waals surface area contributed by atoms with Gasteiger partial charge in [0.1, 0.15) is 5.82 Å². The van der Waals surface area contributed by atoms with Crippen molar-refractivity contribution in [1.82, 2.24) is 10.3 Å². The molecule has 0 unspecified atom stereocenters. The Morgan fingerprint density at radius 1 is 1.09 bits per heavy atom. The van der Waals surface area contributed by atoms with Crippen molar-refractivity contribution in [1.29, 1.82) is 0 Å². The summed E-state index contributed by atoms with van der Waals surface area (Å²) >= 11 is 6.08. The van der Waals surface area contributed by atoms with E-state index >= 15 is 0 Å². The van der Waals surface area contributed by atoms with Crippen molar-refractivity contribution < 1.29 is 19.1 Å². The van der Waals surface area contributed by atoms with Crippen molar-refractivity contribution in [3.8, 4) is 0 Å². The van der Waals surface area contributed by atoms with E-state index in [1.165, 1.54) is 36.5 Å². The first-order chi connectivity index (χ1) is 16.9. The minimum absolute atomic E-state index is 0.0589. The molecule has 3 N–H and O–H groups in total. The average molecular weight is 497 g/mol. The van der Waals surface area contributed by atoms with E-state index in [1.54, 1.807) is 30.3 Å². The third kappa shape index (κ3) is 7.71. The van der Waals surface area contributed by atoms with Crippen LogP contribution >= 0.6 is 11.6 Å². The Morgan fingerprint density at radius 3 is 2.57 bits per heavy atom. The minimum atomic E-state index is -0.572. The molecule has 0 radical (unpaired) electrons. The van der Waals surface area contributed by atoms with E-state index in [-0.39, 0.29) is 29.6 Å². The van der Waals surface area contributed by atoms with Crippen LogP contribution in [0, 0.1) is 5.82 Å². The van der Waals surface area contributed by atoms with Crippen LogP contribution in [0.15, 0.2) is 71.8 Å². The number of halogens is 2. The lowest BCUT2D eigenvalue weighted by Gasteiger charge is -2.19. The molecule has 182 valence electrons. The molecule has 3 aromatic rings. The van der Waals surface area contributed by atoms with Crippen LogP contribution in [0.3, 0.4) is 0 Å². The van der Waals surface area contributed by atoms with E-state index in [1.807, 2.05) is 13.0 Å². The molecule has 35 heavy (non-hydrogen) atoms. The minimum Gasteiger partial charge on any atom is -0.395 e. The lowest BCUT2D eigenvalue weighted by molar-refractivity contribution is 0.0956. The molecular weight excluding hydrogens is 471 g/mol. The van der Waals surface area contributed by atoms with Gasteiger partial charge in [0.15, 0.2) is 0 Å². The van der Waals surface area contributed by atoms with E-state index in [9.17, 15) is 19.1 Å². The van der Waals surface area contributed by atoms with Crippen LogP contribution in [0.1, 0.15) is 38.8 Å². The predicted octanol–water partition coefficient (Wildman–Crippen LogP) is 4.31. The Labute approximate surface area is 208 Å². The topological polar surface area (TPSA) is 94.0 Å². The van der Waals surface area contributed by atoms with Crippen molar-refractivity contribution in [2.45, 2.75) is 13.5 Å². The molecule has 0 saturated heterocycles. The zero-order valence-corrected chi connectivity index (χ0v) is 19.9. The highest BCUT2D eigenvalue weighted by atomic mass is 35.5. The van der Waals surface area contributed by atoms with Gasteiger partial charge in [-0.05, 0) is 60.1 Å². The Bertz CT molecular complexity index is 1200. The number of hydrogen-bond acceptors (Lipinski definition) is 5. The Hall–Kier alpha value is -3.59. The van der Waals surface area contributed by atoms with Gasteiger partial charge in [0, 0.05) is 23.7 Å². The smallest absolute Gasteiger partial charge is 0.273 e. The fourth-order valence-electron chi connectivity index (χ4n) is 3.34. The molecule has 0 saturated carbocycles. The number of aliphatic hydroxyl groups excluding tert-OH is 1. The molecule has 0 fully saturated rings. The third-order valence-electron chi connectivity index (χ3n) is 5.18. The highest BCUT2D eigenvalue weighted by molar-refractivity contribution is 6.31. The summed E-state index contributed by atoms with van der Waals surface area (Å²) in [6.45, 7) is 3.97. The molecule has 0 aliphatic rings. The molecule has 3 rings (SSSR count). The number of benzene rings is 3. The number of hydrazone groups is 1. The molecule has 0 aliphatic carbocycles. The first-order valence-electron chi connectivity index (χ1n) is 11.0. The molecule has 0 atom stereocenters. The predicted molar refractivity (Wildman–Crippen MR) is 135 cm³/mol. The fourth-order valence-corrected chi connectivity index (χ4v) is 3.51. The number of aliphatic hydroxyl groups is 1. The van der Waals surface area contributed by atoms with E-state index in [4.69, 9.17) is 11.6 Å². The number of nitrogens with one attached hydrogen (secondary N) is 2. The average Bonchev–Trinajstić information content (AvgIpc) is 2.86. The third-order valence-corrected chi connectivity index (χ3v) is 5.42. The monoisotopic (exact) mass is 496 g/mol. The first kappa shape index (κ1) is 26.0. The molecule has 0 heterocycles. The standard InChI is InChI=1S/C26H26ClFN4O3/c1-2-32(12-13-33)17-19-4-3-5-20(14-19)25(34)30-24-11-8-21(27)15-23(24)26(35)31-29-16-18-6-9-22(28)10-7-18/h3-11,14-16,33H,2,12-13,17H2,1H3,(H,30,34)(H,31,35)/b29-16+. The molecule has 0 aliphatic heterocycles. The maximum atomic E-state index is 13.0. The van der Waals surface area contributed by atoms with Gasteiger partial charge in [0.05, 0.1) is 24.1 Å². The number of carbonyl (C=O) groups is 2. The van der Waals surface area contributed by atoms with Gasteiger partial charge in [-0.25, -0.2) is 9.82 Å². The summed E-state index contributed by atoms with van der Waals surface area (Å²) in [6.07, 6.45) is 1.38. The number of carbonyl (C=O) groups excluding carboxylic acids is 2. The van der Waals surface area contributed by atoms with Gasteiger partial charge < -0.3 is 10.4 Å². The number of amides is 2. The molecule has 0 spiro atoms. The van der Waals surface area contributed by atoms with Crippen molar-refractivity contribution in [3.63, 3.8) is 0 Å². The summed E-state index contributed by atoms with van der Waals surface area (Å²) in [5, 5.41) is 16.2. The second kappa shape index (κ2) is 12.8. The molecule has 9 heteroatoms. The fraction of sp³-hybridized carbons (Fsp3) is 0.192. The molecule has 0 bridgehead atoms. The van der Waals surface area contributed by atoms with Gasteiger partial charge in [0.25, 0.3) is 11.8 Å². The highest BCUT2D eigenvalue weighted by Crippen LogP contribution is 2.22. The van der Waals surface area contributed by atoms with Crippen LogP contribution in [0.25, 0.3) is 0 Å². The van der Waals surface area contributed by atoms with Crippen LogP contribution in [0.2, 0.25) is 5.02 Å². The summed E-state index contributed by atoms with van der Waals surface area (Å²) < 4.78 is 13.0. The number of anilines is 1. The van der Waals surface area contributed by atoms with Gasteiger partial charge in [-0.15, -0.1) is 0 Å². The SMILES string of the molecule is CCN(CCO)Cc1cccc(C(=O)Nc2ccc(Cl)cc2C(=O)N/N=C/c2ccc(F)cc2)c1. The second-order valence-electron chi connectivity index (χ2n) is 7.69. The summed E-state index contributed by atoms with van der Waals surface area (Å²) in [7, 11) is 0. The second-order valence-corrected chi connectivity index (χ2v) is 8.12. The zero-order valence-electron chi connectivity index (χ0n) is 19.2. The Morgan fingerprint density at radius 2 is 1.86 bits per heavy atom. The maximum Gasteiger partial charge on any atom is 0.273 e. The van der Waals surface area contributed by atoms with Crippen LogP contribution in [0.4, 0.5) is 10.1 Å². The normalized spacial score (nSPS) is 11.1. The summed E-state index contributed by atoms with van der Waals surface area (Å²) in [5.74, 6) is -1.33. The number of nitrogens with zero attached hydrogens (tertiary/aromatic N) is 2. The van der Waals surface area contributed by atoms with E-state index in [2.05, 4.69) is 20.7 Å². The van der Waals surface area contributed by atoms with Crippen LogP contribution < -0.4 is 10.7 Å². The van der Waals surface area contributed by atoms with Crippen molar-refractivity contribution >= 4 is 35.3 Å². The highest BCUT2D eigenvalue weighted by Gasteiger charge is 2.16. The van der Waals surface area contributed by atoms with E-state index in [0.717, 1.165) is 12.1 Å². The lowest BCUT2D eigenvalue weighted by atomic mass is 10.1. The van der Waals surface area contributed by atoms with Gasteiger partial charge in [-0.3, -0.25) is 14.5 Å². The number of hydrogen-bond donors (Lipinski definition) is 3. The van der Waals surface area contributed by atoms with E-state index in [0.29, 0.717) is 29.2 Å². The molecule has 7 nitrogen and oxygen atoms in total. The molecule has 3 aromatic carbocycles.